The van der Waals surface area contributed by atoms with Gasteiger partial charge in [-0.15, -0.1) is 74.6 Å². The molecule has 0 nitrogen and oxygen atoms in total. The molecule has 1 aliphatic rings. The van der Waals surface area contributed by atoms with Crippen molar-refractivity contribution in [3.05, 3.63) is 230 Å². The zero-order valence-corrected chi connectivity index (χ0v) is 39.0. The molecule has 0 N–H and O–H groups in total. The molecule has 1 heterocycles. The molecule has 0 bridgehead atoms. The molecule has 0 atom stereocenters. The van der Waals surface area contributed by atoms with Gasteiger partial charge in [0.1, 0.15) is 0 Å². The van der Waals surface area contributed by atoms with E-state index < -0.39 is 0 Å². The Kier molecular flexibility index (Phi) is 14.0. The average Bonchev–Trinajstić information content (AvgIpc) is 4.07. The molecular formula is C60H49SiZr. The third-order valence-corrected chi connectivity index (χ3v) is 13.1. The first-order valence-corrected chi connectivity index (χ1v) is 22.7. The van der Waals surface area contributed by atoms with Crippen LogP contribution in [0.4, 0.5) is 0 Å². The van der Waals surface area contributed by atoms with Gasteiger partial charge < -0.3 is 0 Å². The predicted octanol–water partition coefficient (Wildman–Crippen LogP) is 14.8. The summed E-state index contributed by atoms with van der Waals surface area (Å²) in [7, 11) is 0.795. The number of hydrogen-bond acceptors (Lipinski definition) is 0. The maximum Gasteiger partial charge on any atom is 3.00 e. The van der Waals surface area contributed by atoms with E-state index in [9.17, 15) is 0 Å². The second-order valence-corrected chi connectivity index (χ2v) is 17.1. The van der Waals surface area contributed by atoms with Crippen molar-refractivity contribution in [3.63, 3.8) is 0 Å². The molecule has 10 aromatic rings. The van der Waals surface area contributed by atoms with Crippen molar-refractivity contribution < 1.29 is 26.2 Å². The third kappa shape index (κ3) is 9.29. The van der Waals surface area contributed by atoms with Crippen LogP contribution in [0.3, 0.4) is 0 Å². The Morgan fingerprint density at radius 3 is 1.37 bits per heavy atom. The van der Waals surface area contributed by atoms with Gasteiger partial charge in [-0.2, -0.15) is 29.5 Å². The normalized spacial score (nSPS) is 11.1. The zero-order valence-electron chi connectivity index (χ0n) is 35.5. The van der Waals surface area contributed by atoms with Gasteiger partial charge in [0, 0.05) is 0 Å². The van der Waals surface area contributed by atoms with Crippen molar-refractivity contribution in [2.75, 3.05) is 0 Å². The van der Waals surface area contributed by atoms with E-state index in [1.54, 1.807) is 0 Å². The molecule has 2 heteroatoms. The smallest absolute Gasteiger partial charge is 0.184 e. The molecule has 0 amide bonds. The summed E-state index contributed by atoms with van der Waals surface area (Å²) in [5, 5.41) is 8.15. The minimum absolute atomic E-state index is 0. The first kappa shape index (κ1) is 42.8. The molecular weight excluding hydrogens is 840 g/mol. The summed E-state index contributed by atoms with van der Waals surface area (Å²) in [6, 6.07) is 79.6. The summed E-state index contributed by atoms with van der Waals surface area (Å²) in [5.74, 6) is 0. The average molecular weight is 889 g/mol. The van der Waals surface area contributed by atoms with Crippen LogP contribution >= 0.6 is 0 Å². The van der Waals surface area contributed by atoms with E-state index in [0.717, 1.165) is 22.4 Å². The van der Waals surface area contributed by atoms with Crippen molar-refractivity contribution in [2.45, 2.75) is 39.5 Å². The Labute approximate surface area is 389 Å². The van der Waals surface area contributed by atoms with Crippen LogP contribution in [0.15, 0.2) is 212 Å². The minimum Gasteiger partial charge on any atom is -0.184 e. The van der Waals surface area contributed by atoms with Crippen LogP contribution in [0.1, 0.15) is 37.8 Å². The van der Waals surface area contributed by atoms with E-state index in [1.807, 2.05) is 6.07 Å². The Hall–Kier alpha value is -5.92. The van der Waals surface area contributed by atoms with Crippen LogP contribution in [-0.2, 0) is 39.0 Å². The molecule has 10 aromatic carbocycles. The van der Waals surface area contributed by atoms with Gasteiger partial charge >= 0.3 is 26.2 Å². The van der Waals surface area contributed by atoms with Crippen molar-refractivity contribution in [3.8, 4) is 55.6 Å². The van der Waals surface area contributed by atoms with Crippen molar-refractivity contribution in [2.24, 2.45) is 0 Å². The predicted molar refractivity (Wildman–Crippen MR) is 265 cm³/mol. The first-order chi connectivity index (χ1) is 30.2. The molecule has 0 aliphatic carbocycles. The van der Waals surface area contributed by atoms with Crippen LogP contribution in [0.5, 0.6) is 0 Å². The van der Waals surface area contributed by atoms with Gasteiger partial charge in [-0.3, -0.25) is 0 Å². The number of hydrogen-bond donors (Lipinski definition) is 0. The number of benzene rings is 8. The molecule has 1 aliphatic heterocycles. The minimum atomic E-state index is 0. The second-order valence-electron chi connectivity index (χ2n) is 15.8. The maximum atomic E-state index is 3.31. The second kappa shape index (κ2) is 20.3. The number of rotatable bonds is 8. The van der Waals surface area contributed by atoms with Crippen LogP contribution in [-0.4, -0.2) is 9.52 Å². The van der Waals surface area contributed by atoms with E-state index in [4.69, 9.17) is 0 Å². The van der Waals surface area contributed by atoms with Gasteiger partial charge in [-0.1, -0.05) is 217 Å². The fourth-order valence-electron chi connectivity index (χ4n) is 8.80. The van der Waals surface area contributed by atoms with Gasteiger partial charge in [0.15, 0.2) is 0 Å². The molecule has 0 saturated carbocycles. The molecule has 0 spiro atoms. The van der Waals surface area contributed by atoms with E-state index in [2.05, 4.69) is 226 Å². The monoisotopic (exact) mass is 887 g/mol. The summed E-state index contributed by atoms with van der Waals surface area (Å²) >= 11 is 0. The van der Waals surface area contributed by atoms with Gasteiger partial charge in [-0.05, 0) is 35.1 Å². The number of aryl methyl sites for hydroxylation is 2. The Bertz CT molecular complexity index is 2820. The van der Waals surface area contributed by atoms with E-state index in [1.165, 1.54) is 112 Å². The van der Waals surface area contributed by atoms with E-state index >= 15 is 0 Å². The van der Waals surface area contributed by atoms with E-state index in [-0.39, 0.29) is 26.2 Å². The third-order valence-electron chi connectivity index (χ3n) is 11.7. The maximum absolute atomic E-state index is 3.31. The van der Waals surface area contributed by atoms with Gasteiger partial charge in [-0.25, -0.2) is 0 Å². The zero-order chi connectivity index (χ0) is 41.4. The molecule has 0 saturated heterocycles. The summed E-state index contributed by atoms with van der Waals surface area (Å²) in [6.45, 7) is 4.49. The first-order valence-electron chi connectivity index (χ1n) is 21.7. The Morgan fingerprint density at radius 1 is 0.419 bits per heavy atom. The standard InChI is InChI=1S/2C24H21.C12H7Si.Zr/c2*1-2-9-19-12-6-7-14-22(19)23-15-8-13-20-16-21(17-24(20)23)18-10-4-3-5-11-18;1-3-7-11-9(5-1)10-6-2-4-8-12(10)13-11;/h2*3-8,10-17H,2,9H2,1H3;1-7H;/q3*-1;+3. The molecule has 0 aromatic heterocycles. The van der Waals surface area contributed by atoms with Crippen molar-refractivity contribution in [1.82, 2.24) is 0 Å². The molecule has 0 unspecified atom stereocenters. The summed E-state index contributed by atoms with van der Waals surface area (Å²) in [5.41, 5.74) is 16.2. The molecule has 0 fully saturated rings. The van der Waals surface area contributed by atoms with Crippen LogP contribution < -0.4 is 10.4 Å². The number of fused-ring (bicyclic) bond motifs is 5. The summed E-state index contributed by atoms with van der Waals surface area (Å²) in [4.78, 5) is 0. The SMILES string of the molecule is CCCc1ccccc1-c1cccc2[cH-]c(-c3ccccc3)cc12.CCCc1ccccc1-c1cccc2[cH-]c(-c3ccccc3)cc12.[Zr+3].[c-]1cccc2c1[Si]c1ccccc1-2. The Morgan fingerprint density at radius 2 is 0.855 bits per heavy atom. The van der Waals surface area contributed by atoms with Gasteiger partial charge in [0.2, 0.25) is 0 Å². The topological polar surface area (TPSA) is 0 Å². The molecule has 11 rings (SSSR count). The summed E-state index contributed by atoms with van der Waals surface area (Å²) in [6.07, 6.45) is 4.59. The van der Waals surface area contributed by atoms with Crippen molar-refractivity contribution >= 4 is 41.4 Å². The fourth-order valence-corrected chi connectivity index (χ4v) is 10.1. The molecule has 62 heavy (non-hydrogen) atoms. The van der Waals surface area contributed by atoms with Gasteiger partial charge in [0.25, 0.3) is 0 Å². The summed E-state index contributed by atoms with van der Waals surface area (Å²) < 4.78 is 0. The quantitative estimate of drug-likeness (QED) is 0.105. The molecule has 3 radical (unpaired) electrons. The van der Waals surface area contributed by atoms with Crippen LogP contribution in [0.2, 0.25) is 0 Å². The van der Waals surface area contributed by atoms with Gasteiger partial charge in [0.05, 0.1) is 9.52 Å². The largest absolute Gasteiger partial charge is 3.00 e. The van der Waals surface area contributed by atoms with Crippen LogP contribution in [0, 0.1) is 6.07 Å². The van der Waals surface area contributed by atoms with Crippen molar-refractivity contribution in [1.29, 1.82) is 0 Å². The fraction of sp³-hybridized carbons (Fsp3) is 0.100. The van der Waals surface area contributed by atoms with E-state index in [0.29, 0.717) is 0 Å². The van der Waals surface area contributed by atoms with Crippen LogP contribution in [0.25, 0.3) is 77.2 Å². The Balaban J connectivity index is 0.000000132. The molecule has 297 valence electrons.